The van der Waals surface area contributed by atoms with Gasteiger partial charge in [-0.25, -0.2) is 26.5 Å². The highest BCUT2D eigenvalue weighted by Crippen LogP contribution is 2.21. The minimum Gasteiger partial charge on any atom is -0.372 e. The molecule has 0 aromatic carbocycles. The first-order valence-electron chi connectivity index (χ1n) is 5.16. The zero-order chi connectivity index (χ0) is 14.7. The number of nitrogens with zero attached hydrogens (tertiary/aromatic N) is 1. The Morgan fingerprint density at radius 1 is 1.32 bits per heavy atom. The van der Waals surface area contributed by atoms with Crippen LogP contribution in [0.5, 0.6) is 0 Å². The van der Waals surface area contributed by atoms with Gasteiger partial charge >= 0.3 is 0 Å². The summed E-state index contributed by atoms with van der Waals surface area (Å²) in [5.74, 6) is 0.0823. The van der Waals surface area contributed by atoms with Crippen molar-refractivity contribution < 1.29 is 16.8 Å². The molecule has 0 unspecified atom stereocenters. The van der Waals surface area contributed by atoms with Gasteiger partial charge in [-0.15, -0.1) is 0 Å². The number of sulfone groups is 1. The minimum atomic E-state index is -3.82. The molecule has 0 aliphatic heterocycles. The molecule has 0 fully saturated rings. The number of sulfonamides is 1. The van der Waals surface area contributed by atoms with Crippen LogP contribution in [0.3, 0.4) is 0 Å². The van der Waals surface area contributed by atoms with Crippen molar-refractivity contribution in [3.63, 3.8) is 0 Å². The summed E-state index contributed by atoms with van der Waals surface area (Å²) in [4.78, 5) is 3.72. The van der Waals surface area contributed by atoms with Gasteiger partial charge < -0.3 is 5.32 Å². The predicted molar refractivity (Wildman–Crippen MR) is 73.7 cm³/mol. The van der Waals surface area contributed by atoms with Crippen LogP contribution in [0, 0.1) is 0 Å². The second-order valence-corrected chi connectivity index (χ2v) is 8.21. The number of rotatable bonds is 6. The summed E-state index contributed by atoms with van der Waals surface area (Å²) in [6.07, 6.45) is 2.17. The highest BCUT2D eigenvalue weighted by atomic mass is 35.5. The number of anilines is 1. The van der Waals surface area contributed by atoms with Gasteiger partial charge in [-0.2, -0.15) is 0 Å². The second kappa shape index (κ2) is 6.04. The van der Waals surface area contributed by atoms with E-state index in [0.29, 0.717) is 5.82 Å². The molecule has 108 valence electrons. The Bertz CT molecular complexity index is 658. The summed E-state index contributed by atoms with van der Waals surface area (Å²) in [6.45, 7) is -0.202. The lowest BCUT2D eigenvalue weighted by atomic mass is 10.4. The monoisotopic (exact) mass is 327 g/mol. The lowest BCUT2D eigenvalue weighted by Crippen LogP contribution is -2.29. The van der Waals surface area contributed by atoms with E-state index >= 15 is 0 Å². The molecule has 1 heterocycles. The summed E-state index contributed by atoms with van der Waals surface area (Å²) < 4.78 is 47.7. The summed E-state index contributed by atoms with van der Waals surface area (Å²) in [5, 5.41) is 2.86. The van der Waals surface area contributed by atoms with E-state index in [9.17, 15) is 16.8 Å². The Balaban J connectivity index is 2.86. The van der Waals surface area contributed by atoms with Crippen molar-refractivity contribution in [2.24, 2.45) is 0 Å². The number of halogens is 1. The maximum atomic E-state index is 11.8. The third kappa shape index (κ3) is 4.94. The van der Waals surface area contributed by atoms with E-state index < -0.39 is 19.9 Å². The molecule has 1 aromatic rings. The van der Waals surface area contributed by atoms with Crippen LogP contribution in [0.25, 0.3) is 0 Å². The lowest BCUT2D eigenvalue weighted by Gasteiger charge is -2.08. The first kappa shape index (κ1) is 16.2. The molecular formula is C9H14ClN3O4S2. The van der Waals surface area contributed by atoms with Crippen molar-refractivity contribution in [3.8, 4) is 0 Å². The summed E-state index contributed by atoms with van der Waals surface area (Å²) in [6, 6.07) is 1.24. The van der Waals surface area contributed by atoms with Gasteiger partial charge in [0.1, 0.15) is 20.6 Å². The van der Waals surface area contributed by atoms with Gasteiger partial charge in [0.05, 0.1) is 10.8 Å². The van der Waals surface area contributed by atoms with Gasteiger partial charge in [-0.1, -0.05) is 11.6 Å². The van der Waals surface area contributed by atoms with Crippen LogP contribution >= 0.6 is 11.6 Å². The van der Waals surface area contributed by atoms with Crippen molar-refractivity contribution in [2.75, 3.05) is 30.9 Å². The maximum absolute atomic E-state index is 11.8. The van der Waals surface area contributed by atoms with Crippen LogP contribution in [-0.2, 0) is 19.9 Å². The fraction of sp³-hybridized carbons (Fsp3) is 0.444. The molecule has 1 rings (SSSR count). The van der Waals surface area contributed by atoms with E-state index in [0.717, 1.165) is 12.5 Å². The Hall–Kier alpha value is -0.900. The summed E-state index contributed by atoms with van der Waals surface area (Å²) in [7, 11) is -5.44. The molecule has 0 aliphatic rings. The molecule has 0 amide bonds. The number of nitrogens with one attached hydrogen (secondary N) is 2. The molecule has 0 saturated heterocycles. The molecule has 7 nitrogen and oxygen atoms in total. The van der Waals surface area contributed by atoms with Crippen molar-refractivity contribution in [1.82, 2.24) is 9.71 Å². The van der Waals surface area contributed by atoms with Gasteiger partial charge in [0.25, 0.3) is 0 Å². The standard InChI is InChI=1S/C9H14ClN3O4S2/c1-11-9-8(10)5-7(6-12-9)19(16,17)13-3-4-18(2,14)15/h5-6,13H,3-4H2,1-2H3,(H,11,12). The second-order valence-electron chi connectivity index (χ2n) is 3.78. The molecule has 0 atom stereocenters. The molecule has 19 heavy (non-hydrogen) atoms. The van der Waals surface area contributed by atoms with Crippen LogP contribution in [0.1, 0.15) is 0 Å². The van der Waals surface area contributed by atoms with Gasteiger partial charge in [0, 0.05) is 26.0 Å². The van der Waals surface area contributed by atoms with E-state index in [2.05, 4.69) is 15.0 Å². The van der Waals surface area contributed by atoms with Crippen LogP contribution in [0.4, 0.5) is 5.82 Å². The first-order valence-corrected chi connectivity index (χ1v) is 9.08. The quantitative estimate of drug-likeness (QED) is 0.767. The lowest BCUT2D eigenvalue weighted by molar-refractivity contribution is 0.581. The van der Waals surface area contributed by atoms with E-state index in [4.69, 9.17) is 11.6 Å². The topological polar surface area (TPSA) is 105 Å². The third-order valence-electron chi connectivity index (χ3n) is 2.13. The SMILES string of the molecule is CNc1ncc(S(=O)(=O)NCCS(C)(=O)=O)cc1Cl. The number of hydrogen-bond donors (Lipinski definition) is 2. The van der Waals surface area contributed by atoms with E-state index in [1.165, 1.54) is 6.07 Å². The van der Waals surface area contributed by atoms with Crippen molar-refractivity contribution in [2.45, 2.75) is 4.90 Å². The number of hydrogen-bond acceptors (Lipinski definition) is 6. The largest absolute Gasteiger partial charge is 0.372 e. The summed E-state index contributed by atoms with van der Waals surface area (Å²) >= 11 is 5.83. The predicted octanol–water partition coefficient (Wildman–Crippen LogP) is 0.0996. The number of aromatic nitrogens is 1. The van der Waals surface area contributed by atoms with E-state index in [1.54, 1.807) is 7.05 Å². The zero-order valence-electron chi connectivity index (χ0n) is 10.3. The van der Waals surface area contributed by atoms with Gasteiger partial charge in [-0.05, 0) is 6.07 Å². The molecule has 0 radical (unpaired) electrons. The van der Waals surface area contributed by atoms with Crippen LogP contribution in [0.2, 0.25) is 5.02 Å². The van der Waals surface area contributed by atoms with Crippen molar-refractivity contribution >= 4 is 37.3 Å². The zero-order valence-corrected chi connectivity index (χ0v) is 12.7. The average Bonchev–Trinajstić information content (AvgIpc) is 2.26. The molecule has 1 aromatic heterocycles. The molecule has 10 heteroatoms. The number of pyridine rings is 1. The summed E-state index contributed by atoms with van der Waals surface area (Å²) in [5.41, 5.74) is 0. The van der Waals surface area contributed by atoms with E-state index in [1.807, 2.05) is 0 Å². The van der Waals surface area contributed by atoms with Crippen molar-refractivity contribution in [1.29, 1.82) is 0 Å². The Kier molecular flexibility index (Phi) is 5.13. The van der Waals surface area contributed by atoms with Crippen LogP contribution < -0.4 is 10.0 Å². The van der Waals surface area contributed by atoms with Gasteiger partial charge in [-0.3, -0.25) is 0 Å². The normalized spacial score (nSPS) is 12.4. The fourth-order valence-electron chi connectivity index (χ4n) is 1.20. The van der Waals surface area contributed by atoms with Crippen molar-refractivity contribution in [3.05, 3.63) is 17.3 Å². The van der Waals surface area contributed by atoms with Gasteiger partial charge in [0.2, 0.25) is 10.0 Å². The Morgan fingerprint density at radius 2 is 1.95 bits per heavy atom. The third-order valence-corrected chi connectivity index (χ3v) is 4.79. The molecular weight excluding hydrogens is 314 g/mol. The molecule has 0 saturated carbocycles. The highest BCUT2D eigenvalue weighted by Gasteiger charge is 2.16. The molecule has 0 aliphatic carbocycles. The molecule has 0 bridgehead atoms. The Labute approximate surface area is 117 Å². The van der Waals surface area contributed by atoms with Crippen LogP contribution in [-0.4, -0.2) is 47.4 Å². The average molecular weight is 328 g/mol. The highest BCUT2D eigenvalue weighted by molar-refractivity contribution is 7.91. The molecule has 0 spiro atoms. The smallest absolute Gasteiger partial charge is 0.242 e. The van der Waals surface area contributed by atoms with Crippen LogP contribution in [0.15, 0.2) is 17.2 Å². The maximum Gasteiger partial charge on any atom is 0.242 e. The first-order chi connectivity index (χ1) is 8.65. The minimum absolute atomic E-state index is 0.120. The van der Waals surface area contributed by atoms with Gasteiger partial charge in [0.15, 0.2) is 0 Å². The molecule has 2 N–H and O–H groups in total. The fourth-order valence-corrected chi connectivity index (χ4v) is 3.13. The Morgan fingerprint density at radius 3 is 2.42 bits per heavy atom. The van der Waals surface area contributed by atoms with E-state index in [-0.39, 0.29) is 22.2 Å².